The van der Waals surface area contributed by atoms with Crippen LogP contribution in [0.15, 0.2) is 46.9 Å². The first-order valence-corrected chi connectivity index (χ1v) is 7.46. The number of benzene rings is 2. The molecule has 0 bridgehead atoms. The molecule has 2 N–H and O–H groups in total. The topological polar surface area (TPSA) is 67.4 Å². The van der Waals surface area contributed by atoms with Gasteiger partial charge in [0.15, 0.2) is 0 Å². The smallest absolute Gasteiger partial charge is 0.313 e. The largest absolute Gasteiger partial charge is 0.497 e. The van der Waals surface area contributed by atoms with Gasteiger partial charge in [-0.2, -0.15) is 0 Å². The third-order valence-electron chi connectivity index (χ3n) is 2.97. The lowest BCUT2D eigenvalue weighted by Gasteiger charge is -2.08. The van der Waals surface area contributed by atoms with E-state index >= 15 is 0 Å². The highest BCUT2D eigenvalue weighted by molar-refractivity contribution is 9.10. The Labute approximate surface area is 141 Å². The summed E-state index contributed by atoms with van der Waals surface area (Å²) in [7, 11) is 1.54. The van der Waals surface area contributed by atoms with Crippen molar-refractivity contribution in [3.8, 4) is 5.75 Å². The molecule has 0 aliphatic heterocycles. The number of methoxy groups -OCH3 is 1. The number of anilines is 1. The lowest BCUT2D eigenvalue weighted by atomic mass is 10.2. The summed E-state index contributed by atoms with van der Waals surface area (Å²) >= 11 is 3.11. The standard InChI is InChI=1S/C16H14BrFN2O3/c1-23-12-4-2-3-10(7-12)9-19-15(21)16(22)20-14-6-5-11(17)8-13(14)18/h2-8H,9H2,1H3,(H,19,21)(H,20,22). The molecule has 0 atom stereocenters. The van der Waals surface area contributed by atoms with E-state index in [1.165, 1.54) is 19.2 Å². The van der Waals surface area contributed by atoms with Crippen molar-refractivity contribution in [3.63, 3.8) is 0 Å². The van der Waals surface area contributed by atoms with Gasteiger partial charge in [-0.25, -0.2) is 4.39 Å². The highest BCUT2D eigenvalue weighted by Gasteiger charge is 2.15. The van der Waals surface area contributed by atoms with E-state index in [1.54, 1.807) is 30.3 Å². The van der Waals surface area contributed by atoms with E-state index in [0.717, 1.165) is 5.56 Å². The van der Waals surface area contributed by atoms with Gasteiger partial charge in [-0.3, -0.25) is 9.59 Å². The number of hydrogen-bond donors (Lipinski definition) is 2. The first kappa shape index (κ1) is 17.0. The van der Waals surface area contributed by atoms with Gasteiger partial charge in [0.1, 0.15) is 11.6 Å². The molecule has 5 nitrogen and oxygen atoms in total. The summed E-state index contributed by atoms with van der Waals surface area (Å²) in [6.45, 7) is 0.159. The van der Waals surface area contributed by atoms with Crippen LogP contribution in [-0.4, -0.2) is 18.9 Å². The van der Waals surface area contributed by atoms with Gasteiger partial charge in [-0.1, -0.05) is 28.1 Å². The summed E-state index contributed by atoms with van der Waals surface area (Å²) in [6.07, 6.45) is 0. The van der Waals surface area contributed by atoms with Gasteiger partial charge in [-0.05, 0) is 35.9 Å². The van der Waals surface area contributed by atoms with Crippen molar-refractivity contribution in [2.75, 3.05) is 12.4 Å². The number of rotatable bonds is 4. The summed E-state index contributed by atoms with van der Waals surface area (Å²) in [5, 5.41) is 4.69. The lowest BCUT2D eigenvalue weighted by Crippen LogP contribution is -2.35. The molecule has 0 aromatic heterocycles. The Hall–Kier alpha value is -2.41. The summed E-state index contributed by atoms with van der Waals surface area (Å²) < 4.78 is 19.2. The Balaban J connectivity index is 1.93. The van der Waals surface area contributed by atoms with Crippen LogP contribution in [0.4, 0.5) is 10.1 Å². The van der Waals surface area contributed by atoms with E-state index in [4.69, 9.17) is 4.74 Å². The number of carbonyl (C=O) groups excluding carboxylic acids is 2. The molecule has 0 unspecified atom stereocenters. The van der Waals surface area contributed by atoms with Crippen LogP contribution in [0.2, 0.25) is 0 Å². The maximum absolute atomic E-state index is 13.6. The van der Waals surface area contributed by atoms with Crippen LogP contribution in [0.5, 0.6) is 5.75 Å². The molecule has 0 heterocycles. The molecule has 23 heavy (non-hydrogen) atoms. The second-order valence-corrected chi connectivity index (χ2v) is 5.53. The first-order chi connectivity index (χ1) is 11.0. The number of ether oxygens (including phenoxy) is 1. The Bertz CT molecular complexity index is 737. The monoisotopic (exact) mass is 380 g/mol. The molecule has 2 aromatic rings. The molecule has 2 aromatic carbocycles. The van der Waals surface area contributed by atoms with Crippen molar-refractivity contribution >= 4 is 33.4 Å². The van der Waals surface area contributed by atoms with Crippen LogP contribution in [0.3, 0.4) is 0 Å². The molecule has 0 saturated heterocycles. The normalized spacial score (nSPS) is 10.0. The molecular weight excluding hydrogens is 367 g/mol. The van der Waals surface area contributed by atoms with Crippen molar-refractivity contribution in [3.05, 3.63) is 58.3 Å². The maximum Gasteiger partial charge on any atom is 0.313 e. The third-order valence-corrected chi connectivity index (χ3v) is 3.47. The van der Waals surface area contributed by atoms with Gasteiger partial charge in [0.25, 0.3) is 0 Å². The van der Waals surface area contributed by atoms with E-state index in [1.807, 2.05) is 0 Å². The van der Waals surface area contributed by atoms with E-state index in [-0.39, 0.29) is 12.2 Å². The molecule has 2 amide bonds. The van der Waals surface area contributed by atoms with E-state index < -0.39 is 17.6 Å². The van der Waals surface area contributed by atoms with Crippen molar-refractivity contribution in [2.24, 2.45) is 0 Å². The van der Waals surface area contributed by atoms with Crippen LogP contribution in [0.1, 0.15) is 5.56 Å². The fourth-order valence-corrected chi connectivity index (χ4v) is 2.15. The molecule has 0 fully saturated rings. The fraction of sp³-hybridized carbons (Fsp3) is 0.125. The highest BCUT2D eigenvalue weighted by atomic mass is 79.9. The number of hydrogen-bond acceptors (Lipinski definition) is 3. The predicted octanol–water partition coefficient (Wildman–Crippen LogP) is 2.85. The SMILES string of the molecule is COc1cccc(CNC(=O)C(=O)Nc2ccc(Br)cc2F)c1. The molecule has 0 aliphatic rings. The van der Waals surface area contributed by atoms with Crippen molar-refractivity contribution < 1.29 is 18.7 Å². The molecule has 7 heteroatoms. The average molecular weight is 381 g/mol. The Morgan fingerprint density at radius 3 is 2.65 bits per heavy atom. The predicted molar refractivity (Wildman–Crippen MR) is 87.6 cm³/mol. The second kappa shape index (κ2) is 7.73. The summed E-state index contributed by atoms with van der Waals surface area (Å²) in [6, 6.07) is 11.2. The summed E-state index contributed by atoms with van der Waals surface area (Å²) in [5.74, 6) is -1.77. The minimum Gasteiger partial charge on any atom is -0.497 e. The first-order valence-electron chi connectivity index (χ1n) is 6.67. The van der Waals surface area contributed by atoms with Gasteiger partial charge in [0, 0.05) is 11.0 Å². The molecule has 0 aliphatic carbocycles. The molecule has 0 radical (unpaired) electrons. The van der Waals surface area contributed by atoms with Gasteiger partial charge in [0.2, 0.25) is 0 Å². The third kappa shape index (κ3) is 4.79. The molecular formula is C16H14BrFN2O3. The van der Waals surface area contributed by atoms with Crippen molar-refractivity contribution in [1.29, 1.82) is 0 Å². The van der Waals surface area contributed by atoms with Crippen LogP contribution < -0.4 is 15.4 Å². The van der Waals surface area contributed by atoms with Gasteiger partial charge in [-0.15, -0.1) is 0 Å². The summed E-state index contributed by atoms with van der Waals surface area (Å²) in [5.41, 5.74) is 0.718. The lowest BCUT2D eigenvalue weighted by molar-refractivity contribution is -0.136. The van der Waals surface area contributed by atoms with Gasteiger partial charge < -0.3 is 15.4 Å². The average Bonchev–Trinajstić information content (AvgIpc) is 2.55. The Morgan fingerprint density at radius 1 is 1.17 bits per heavy atom. The molecule has 0 saturated carbocycles. The van der Waals surface area contributed by atoms with Crippen molar-refractivity contribution in [1.82, 2.24) is 5.32 Å². The van der Waals surface area contributed by atoms with Crippen LogP contribution >= 0.6 is 15.9 Å². The van der Waals surface area contributed by atoms with Crippen LogP contribution in [0.25, 0.3) is 0 Å². The zero-order chi connectivity index (χ0) is 16.8. The number of amides is 2. The maximum atomic E-state index is 13.6. The van der Waals surface area contributed by atoms with Crippen molar-refractivity contribution in [2.45, 2.75) is 6.54 Å². The quantitative estimate of drug-likeness (QED) is 0.801. The number of nitrogens with one attached hydrogen (secondary N) is 2. The molecule has 120 valence electrons. The van der Waals surface area contributed by atoms with Gasteiger partial charge in [0.05, 0.1) is 12.8 Å². The van der Waals surface area contributed by atoms with Crippen LogP contribution in [-0.2, 0) is 16.1 Å². The molecule has 0 spiro atoms. The second-order valence-electron chi connectivity index (χ2n) is 4.61. The minimum atomic E-state index is -0.936. The van der Waals surface area contributed by atoms with Crippen LogP contribution in [0, 0.1) is 5.82 Å². The number of halogens is 2. The fourth-order valence-electron chi connectivity index (χ4n) is 1.81. The zero-order valence-electron chi connectivity index (χ0n) is 12.2. The molecule has 2 rings (SSSR count). The van der Waals surface area contributed by atoms with E-state index in [0.29, 0.717) is 10.2 Å². The van der Waals surface area contributed by atoms with E-state index in [9.17, 15) is 14.0 Å². The van der Waals surface area contributed by atoms with E-state index in [2.05, 4.69) is 26.6 Å². The minimum absolute atomic E-state index is 0.0604. The Morgan fingerprint density at radius 2 is 1.96 bits per heavy atom. The van der Waals surface area contributed by atoms with Gasteiger partial charge >= 0.3 is 11.8 Å². The highest BCUT2D eigenvalue weighted by Crippen LogP contribution is 2.19. The number of carbonyl (C=O) groups is 2. The zero-order valence-corrected chi connectivity index (χ0v) is 13.8. The Kier molecular flexibility index (Phi) is 5.70. The summed E-state index contributed by atoms with van der Waals surface area (Å²) in [4.78, 5) is 23.5.